The SMILES string of the molecule is COc1ccc(CCN(C)C(=O)c2cc(Cl)ccc2F)cc1OC. The Balaban J connectivity index is 2.06. The van der Waals surface area contributed by atoms with E-state index in [9.17, 15) is 9.18 Å². The first-order chi connectivity index (χ1) is 11.5. The van der Waals surface area contributed by atoms with Crippen molar-refractivity contribution in [2.45, 2.75) is 6.42 Å². The lowest BCUT2D eigenvalue weighted by Crippen LogP contribution is -2.29. The molecule has 0 aliphatic rings. The highest BCUT2D eigenvalue weighted by molar-refractivity contribution is 6.31. The first kappa shape index (κ1) is 18.1. The van der Waals surface area contributed by atoms with Gasteiger partial charge < -0.3 is 14.4 Å². The lowest BCUT2D eigenvalue weighted by molar-refractivity contribution is 0.0792. The zero-order chi connectivity index (χ0) is 17.7. The van der Waals surface area contributed by atoms with E-state index in [1.54, 1.807) is 21.3 Å². The quantitative estimate of drug-likeness (QED) is 0.794. The Labute approximate surface area is 145 Å². The number of nitrogens with zero attached hydrogens (tertiary/aromatic N) is 1. The Bertz CT molecular complexity index is 736. The number of hydrogen-bond donors (Lipinski definition) is 0. The van der Waals surface area contributed by atoms with E-state index < -0.39 is 11.7 Å². The van der Waals surface area contributed by atoms with Crippen LogP contribution >= 0.6 is 11.6 Å². The Morgan fingerprint density at radius 2 is 1.83 bits per heavy atom. The van der Waals surface area contributed by atoms with Crippen molar-refractivity contribution >= 4 is 17.5 Å². The molecule has 0 heterocycles. The second-order valence-corrected chi connectivity index (χ2v) is 5.73. The van der Waals surface area contributed by atoms with Gasteiger partial charge in [-0.1, -0.05) is 17.7 Å². The minimum Gasteiger partial charge on any atom is -0.493 e. The molecule has 0 N–H and O–H groups in total. The lowest BCUT2D eigenvalue weighted by atomic mass is 10.1. The van der Waals surface area contributed by atoms with Gasteiger partial charge in [0.1, 0.15) is 5.82 Å². The average molecular weight is 352 g/mol. The summed E-state index contributed by atoms with van der Waals surface area (Å²) in [7, 11) is 4.77. The van der Waals surface area contributed by atoms with Gasteiger partial charge in [-0.25, -0.2) is 4.39 Å². The van der Waals surface area contributed by atoms with E-state index in [-0.39, 0.29) is 5.56 Å². The Kier molecular flexibility index (Phi) is 6.04. The van der Waals surface area contributed by atoms with Gasteiger partial charge in [-0.2, -0.15) is 0 Å². The van der Waals surface area contributed by atoms with Gasteiger partial charge in [0.15, 0.2) is 11.5 Å². The van der Waals surface area contributed by atoms with Gasteiger partial charge in [-0.3, -0.25) is 4.79 Å². The highest BCUT2D eigenvalue weighted by Gasteiger charge is 2.17. The molecule has 0 aliphatic carbocycles. The van der Waals surface area contributed by atoms with E-state index >= 15 is 0 Å². The van der Waals surface area contributed by atoms with Gasteiger partial charge >= 0.3 is 0 Å². The molecule has 2 aromatic carbocycles. The summed E-state index contributed by atoms with van der Waals surface area (Å²) in [6.07, 6.45) is 0.602. The number of carbonyl (C=O) groups is 1. The fourth-order valence-electron chi connectivity index (χ4n) is 2.30. The smallest absolute Gasteiger partial charge is 0.256 e. The molecule has 0 aliphatic heterocycles. The van der Waals surface area contributed by atoms with Crippen LogP contribution in [0.2, 0.25) is 5.02 Å². The van der Waals surface area contributed by atoms with E-state index in [4.69, 9.17) is 21.1 Å². The summed E-state index contributed by atoms with van der Waals surface area (Å²) >= 11 is 5.84. The Morgan fingerprint density at radius 3 is 2.50 bits per heavy atom. The van der Waals surface area contributed by atoms with Crippen LogP contribution in [0.4, 0.5) is 4.39 Å². The first-order valence-electron chi connectivity index (χ1n) is 7.37. The molecule has 4 nitrogen and oxygen atoms in total. The third-order valence-corrected chi connectivity index (χ3v) is 3.92. The molecule has 128 valence electrons. The number of carbonyl (C=O) groups excluding carboxylic acids is 1. The van der Waals surface area contributed by atoms with Crippen LogP contribution < -0.4 is 9.47 Å². The molecular weight excluding hydrogens is 333 g/mol. The molecule has 0 saturated heterocycles. The molecule has 0 radical (unpaired) electrons. The zero-order valence-corrected chi connectivity index (χ0v) is 14.6. The molecule has 2 aromatic rings. The van der Waals surface area contributed by atoms with E-state index in [2.05, 4.69) is 0 Å². The molecule has 0 saturated carbocycles. The summed E-state index contributed by atoms with van der Waals surface area (Å²) in [6.45, 7) is 0.431. The number of amides is 1. The molecule has 0 bridgehead atoms. The molecule has 0 spiro atoms. The topological polar surface area (TPSA) is 38.8 Å². The summed E-state index contributed by atoms with van der Waals surface area (Å²) in [6, 6.07) is 9.52. The fraction of sp³-hybridized carbons (Fsp3) is 0.278. The van der Waals surface area contributed by atoms with Crippen LogP contribution in [0.25, 0.3) is 0 Å². The Morgan fingerprint density at radius 1 is 1.12 bits per heavy atom. The van der Waals surface area contributed by atoms with Gasteiger partial charge in [-0.05, 0) is 42.3 Å². The molecule has 0 aromatic heterocycles. The van der Waals surface area contributed by atoms with Crippen LogP contribution in [0.3, 0.4) is 0 Å². The average Bonchev–Trinajstić information content (AvgIpc) is 2.60. The Hall–Kier alpha value is -2.27. The van der Waals surface area contributed by atoms with Crippen LogP contribution in [-0.2, 0) is 6.42 Å². The normalized spacial score (nSPS) is 10.4. The summed E-state index contributed by atoms with van der Waals surface area (Å²) < 4.78 is 24.2. The minimum atomic E-state index is -0.581. The van der Waals surface area contributed by atoms with E-state index in [0.29, 0.717) is 29.5 Å². The summed E-state index contributed by atoms with van der Waals surface area (Å²) in [5, 5.41) is 0.327. The minimum absolute atomic E-state index is 0.0303. The molecule has 0 fully saturated rings. The van der Waals surface area contributed by atoms with Gasteiger partial charge in [-0.15, -0.1) is 0 Å². The number of benzene rings is 2. The van der Waals surface area contributed by atoms with Gasteiger partial charge in [0.05, 0.1) is 19.8 Å². The van der Waals surface area contributed by atoms with Gasteiger partial charge in [0.25, 0.3) is 5.91 Å². The standard InChI is InChI=1S/C18H19ClFNO3/c1-21(18(22)14-11-13(19)5-6-15(14)20)9-8-12-4-7-16(23-2)17(10-12)24-3/h4-7,10-11H,8-9H2,1-3H3. The third kappa shape index (κ3) is 4.17. The molecule has 1 amide bonds. The molecule has 0 unspecified atom stereocenters. The second-order valence-electron chi connectivity index (χ2n) is 5.29. The van der Waals surface area contributed by atoms with Crippen molar-refractivity contribution in [3.8, 4) is 11.5 Å². The number of likely N-dealkylation sites (N-methyl/N-ethyl adjacent to an activating group) is 1. The maximum absolute atomic E-state index is 13.8. The first-order valence-corrected chi connectivity index (χ1v) is 7.75. The van der Waals surface area contributed by atoms with Crippen LogP contribution in [0.5, 0.6) is 11.5 Å². The summed E-state index contributed by atoms with van der Waals surface area (Å²) in [4.78, 5) is 13.8. The number of ether oxygens (including phenoxy) is 2. The highest BCUT2D eigenvalue weighted by Crippen LogP contribution is 2.27. The molecular formula is C18H19ClFNO3. The van der Waals surface area contributed by atoms with Crippen molar-refractivity contribution in [1.29, 1.82) is 0 Å². The number of halogens is 2. The van der Waals surface area contributed by atoms with Crippen molar-refractivity contribution in [3.63, 3.8) is 0 Å². The fourth-order valence-corrected chi connectivity index (χ4v) is 2.47. The summed E-state index contributed by atoms with van der Waals surface area (Å²) in [5.74, 6) is 0.286. The van der Waals surface area contributed by atoms with Crippen molar-refractivity contribution in [2.75, 3.05) is 27.8 Å². The monoisotopic (exact) mass is 351 g/mol. The van der Waals surface area contributed by atoms with E-state index in [1.807, 2.05) is 18.2 Å². The molecule has 0 atom stereocenters. The highest BCUT2D eigenvalue weighted by atomic mass is 35.5. The third-order valence-electron chi connectivity index (χ3n) is 3.69. The largest absolute Gasteiger partial charge is 0.493 e. The molecule has 2 rings (SSSR count). The van der Waals surface area contributed by atoms with Crippen molar-refractivity contribution < 1.29 is 18.7 Å². The maximum atomic E-state index is 13.8. The number of rotatable bonds is 6. The number of hydrogen-bond acceptors (Lipinski definition) is 3. The predicted octanol–water partition coefficient (Wildman–Crippen LogP) is 3.81. The lowest BCUT2D eigenvalue weighted by Gasteiger charge is -2.18. The number of methoxy groups -OCH3 is 2. The maximum Gasteiger partial charge on any atom is 0.256 e. The van der Waals surface area contributed by atoms with Gasteiger partial charge in [0.2, 0.25) is 0 Å². The van der Waals surface area contributed by atoms with Crippen LogP contribution in [0.1, 0.15) is 15.9 Å². The summed E-state index contributed by atoms with van der Waals surface area (Å²) in [5.41, 5.74) is 0.955. The van der Waals surface area contributed by atoms with Crippen molar-refractivity contribution in [2.24, 2.45) is 0 Å². The zero-order valence-electron chi connectivity index (χ0n) is 13.8. The molecule has 6 heteroatoms. The molecule has 24 heavy (non-hydrogen) atoms. The van der Waals surface area contributed by atoms with Gasteiger partial charge in [0, 0.05) is 18.6 Å². The van der Waals surface area contributed by atoms with Crippen LogP contribution in [-0.4, -0.2) is 38.6 Å². The van der Waals surface area contributed by atoms with Crippen molar-refractivity contribution in [1.82, 2.24) is 4.90 Å². The van der Waals surface area contributed by atoms with E-state index in [1.165, 1.54) is 23.1 Å². The predicted molar refractivity (Wildman–Crippen MR) is 91.6 cm³/mol. The van der Waals surface area contributed by atoms with E-state index in [0.717, 1.165) is 5.56 Å². The second kappa shape index (κ2) is 8.02. The van der Waals surface area contributed by atoms with Crippen LogP contribution in [0, 0.1) is 5.82 Å². The van der Waals surface area contributed by atoms with Crippen LogP contribution in [0.15, 0.2) is 36.4 Å². The van der Waals surface area contributed by atoms with Crippen molar-refractivity contribution in [3.05, 3.63) is 58.4 Å².